The van der Waals surface area contributed by atoms with E-state index in [0.717, 1.165) is 17.6 Å². The van der Waals surface area contributed by atoms with E-state index in [-0.39, 0.29) is 11.7 Å². The second-order valence-corrected chi connectivity index (χ2v) is 6.06. The molecule has 0 spiro atoms. The predicted octanol–water partition coefficient (Wildman–Crippen LogP) is 2.79. The number of phenolic OH excluding ortho intramolecular Hbond substituents is 1. The van der Waals surface area contributed by atoms with E-state index in [4.69, 9.17) is 10.8 Å². The monoisotopic (exact) mass is 325 g/mol. The lowest BCUT2D eigenvalue weighted by Gasteiger charge is -2.29. The van der Waals surface area contributed by atoms with Crippen molar-refractivity contribution in [3.05, 3.63) is 47.0 Å². The number of allylic oxidation sites excluding steroid dienone is 1. The number of rotatable bonds is 5. The Morgan fingerprint density at radius 1 is 1.33 bits per heavy atom. The first-order valence-corrected chi connectivity index (χ1v) is 7.80. The lowest BCUT2D eigenvalue weighted by atomic mass is 9.75. The van der Waals surface area contributed by atoms with Gasteiger partial charge in [0.2, 0.25) is 0 Å². The molecule has 1 unspecified atom stereocenters. The van der Waals surface area contributed by atoms with Gasteiger partial charge in [-0.1, -0.05) is 17.7 Å². The molecule has 0 saturated carbocycles. The summed E-state index contributed by atoms with van der Waals surface area (Å²) in [7, 11) is 0. The number of carboxylic acid groups (broad SMARTS) is 1. The van der Waals surface area contributed by atoms with Gasteiger partial charge >= 0.3 is 5.97 Å². The Labute approximate surface area is 139 Å². The highest BCUT2D eigenvalue weighted by Crippen LogP contribution is 2.38. The second-order valence-electron chi connectivity index (χ2n) is 6.06. The number of phenols is 1. The summed E-state index contributed by atoms with van der Waals surface area (Å²) in [4.78, 5) is 11.0. The van der Waals surface area contributed by atoms with Crippen LogP contribution in [0.15, 0.2) is 41.5 Å². The Hall–Kier alpha value is -2.89. The number of aliphatic carboxylic acids is 1. The minimum atomic E-state index is -0.823. The molecular weight excluding hydrogens is 306 g/mol. The summed E-state index contributed by atoms with van der Waals surface area (Å²) < 4.78 is 0. The molecule has 0 saturated heterocycles. The normalized spacial score (nSPS) is 16.8. The lowest BCUT2D eigenvalue weighted by Crippen LogP contribution is -2.23. The zero-order valence-corrected chi connectivity index (χ0v) is 13.4. The minimum absolute atomic E-state index is 0.145. The molecule has 1 aliphatic rings. The van der Waals surface area contributed by atoms with E-state index in [1.54, 1.807) is 18.2 Å². The van der Waals surface area contributed by atoms with E-state index in [1.807, 2.05) is 19.1 Å². The van der Waals surface area contributed by atoms with Crippen molar-refractivity contribution in [2.45, 2.75) is 26.2 Å². The second kappa shape index (κ2) is 6.31. The van der Waals surface area contributed by atoms with Crippen molar-refractivity contribution in [2.75, 3.05) is 5.73 Å². The summed E-state index contributed by atoms with van der Waals surface area (Å²) in [6.07, 6.45) is 2.11. The molecule has 0 radical (unpaired) electrons. The van der Waals surface area contributed by atoms with E-state index >= 15 is 0 Å². The van der Waals surface area contributed by atoms with Crippen LogP contribution >= 0.6 is 0 Å². The Bertz CT molecular complexity index is 830. The van der Waals surface area contributed by atoms with Crippen LogP contribution < -0.4 is 5.73 Å². The van der Waals surface area contributed by atoms with Gasteiger partial charge in [-0.05, 0) is 55.9 Å². The Morgan fingerprint density at radius 3 is 2.75 bits per heavy atom. The van der Waals surface area contributed by atoms with Crippen molar-refractivity contribution in [1.82, 2.24) is 10.2 Å². The molecule has 1 aromatic carbocycles. The smallest absolute Gasteiger partial charge is 0.331 e. The maximum atomic E-state index is 11.0. The predicted molar refractivity (Wildman–Crippen MR) is 90.3 cm³/mol. The highest BCUT2D eigenvalue weighted by molar-refractivity contribution is 5.89. The van der Waals surface area contributed by atoms with Gasteiger partial charge in [-0.15, -0.1) is 10.2 Å². The maximum absolute atomic E-state index is 11.0. The third-order valence-corrected chi connectivity index (χ3v) is 4.64. The molecule has 0 aliphatic heterocycles. The van der Waals surface area contributed by atoms with Crippen LogP contribution in [0.2, 0.25) is 0 Å². The van der Waals surface area contributed by atoms with Crippen LogP contribution in [0, 0.1) is 5.92 Å². The number of carbonyl (C=O) groups is 1. The molecule has 0 bridgehead atoms. The van der Waals surface area contributed by atoms with Crippen molar-refractivity contribution < 1.29 is 15.0 Å². The number of nitrogen functional groups attached to an aromatic ring is 1. The van der Waals surface area contributed by atoms with E-state index in [9.17, 15) is 9.90 Å². The number of benzene rings is 1. The van der Waals surface area contributed by atoms with E-state index in [0.29, 0.717) is 35.5 Å². The van der Waals surface area contributed by atoms with E-state index in [2.05, 4.69) is 10.2 Å². The zero-order valence-electron chi connectivity index (χ0n) is 13.4. The molecule has 124 valence electrons. The number of nitrogens with two attached hydrogens (primary N) is 1. The van der Waals surface area contributed by atoms with Gasteiger partial charge in [0.25, 0.3) is 0 Å². The van der Waals surface area contributed by atoms with Crippen molar-refractivity contribution in [3.63, 3.8) is 0 Å². The first kappa shape index (κ1) is 16.0. The third kappa shape index (κ3) is 2.95. The van der Waals surface area contributed by atoms with Gasteiger partial charge in [0, 0.05) is 11.1 Å². The third-order valence-electron chi connectivity index (χ3n) is 4.64. The van der Waals surface area contributed by atoms with Crippen LogP contribution in [0.4, 0.5) is 5.82 Å². The lowest BCUT2D eigenvalue weighted by molar-refractivity contribution is -0.133. The van der Waals surface area contributed by atoms with Crippen molar-refractivity contribution in [2.24, 2.45) is 5.92 Å². The molecule has 1 atom stereocenters. The molecular formula is C18H19N3O3. The first-order valence-electron chi connectivity index (χ1n) is 7.80. The standard InChI is InChI=1S/C18H19N3O3/c1-10-11(8-14(10)18(23)24)6-7-12-9-15(20-21-17(12)19)13-4-2-3-5-16(13)22/h2-5,9,11,22H,6-8H2,1H3,(H2,19,21)(H,23,24). The van der Waals surface area contributed by atoms with Crippen molar-refractivity contribution in [1.29, 1.82) is 0 Å². The molecule has 4 N–H and O–H groups in total. The summed E-state index contributed by atoms with van der Waals surface area (Å²) in [6, 6.07) is 8.78. The maximum Gasteiger partial charge on any atom is 0.331 e. The van der Waals surface area contributed by atoms with Gasteiger partial charge in [0.1, 0.15) is 11.6 Å². The van der Waals surface area contributed by atoms with E-state index < -0.39 is 5.97 Å². The molecule has 1 heterocycles. The van der Waals surface area contributed by atoms with Gasteiger partial charge in [0.15, 0.2) is 0 Å². The summed E-state index contributed by atoms with van der Waals surface area (Å²) in [5, 5.41) is 27.0. The SMILES string of the molecule is CC1=C(C(=O)O)CC1CCc1cc(-c2ccccc2O)nnc1N. The molecule has 1 aliphatic carbocycles. The number of aromatic nitrogens is 2. The number of aryl methyl sites for hydroxylation is 1. The number of aromatic hydroxyl groups is 1. The fourth-order valence-corrected chi connectivity index (χ4v) is 3.04. The zero-order chi connectivity index (χ0) is 17.3. The van der Waals surface area contributed by atoms with Crippen LogP contribution in [-0.2, 0) is 11.2 Å². The van der Waals surface area contributed by atoms with E-state index in [1.165, 1.54) is 0 Å². The Morgan fingerprint density at radius 2 is 2.08 bits per heavy atom. The van der Waals surface area contributed by atoms with Crippen LogP contribution in [0.3, 0.4) is 0 Å². The fourth-order valence-electron chi connectivity index (χ4n) is 3.04. The number of para-hydroxylation sites is 1. The van der Waals surface area contributed by atoms with Crippen LogP contribution in [0.1, 0.15) is 25.3 Å². The van der Waals surface area contributed by atoms with Crippen molar-refractivity contribution >= 4 is 11.8 Å². The number of carboxylic acids is 1. The average molecular weight is 325 g/mol. The molecule has 24 heavy (non-hydrogen) atoms. The molecule has 0 fully saturated rings. The summed E-state index contributed by atoms with van der Waals surface area (Å²) in [6.45, 7) is 1.87. The Kier molecular flexibility index (Phi) is 4.20. The molecule has 6 heteroatoms. The fraction of sp³-hybridized carbons (Fsp3) is 0.278. The van der Waals surface area contributed by atoms with Crippen molar-refractivity contribution in [3.8, 4) is 17.0 Å². The van der Waals surface area contributed by atoms with Crippen LogP contribution in [-0.4, -0.2) is 26.4 Å². The quantitative estimate of drug-likeness (QED) is 0.780. The van der Waals surface area contributed by atoms with Crippen LogP contribution in [0.5, 0.6) is 5.75 Å². The molecule has 6 nitrogen and oxygen atoms in total. The summed E-state index contributed by atoms with van der Waals surface area (Å²) in [5.41, 5.74) is 9.44. The molecule has 0 amide bonds. The summed E-state index contributed by atoms with van der Waals surface area (Å²) >= 11 is 0. The van der Waals surface area contributed by atoms with Gasteiger partial charge in [-0.2, -0.15) is 0 Å². The Balaban J connectivity index is 1.77. The molecule has 1 aromatic heterocycles. The van der Waals surface area contributed by atoms with Gasteiger partial charge in [0.05, 0.1) is 5.69 Å². The summed E-state index contributed by atoms with van der Waals surface area (Å²) in [5.74, 6) is -0.0344. The van der Waals surface area contributed by atoms with Gasteiger partial charge < -0.3 is 15.9 Å². The van der Waals surface area contributed by atoms with Crippen LogP contribution in [0.25, 0.3) is 11.3 Å². The molecule has 3 rings (SSSR count). The first-order chi connectivity index (χ1) is 11.5. The number of hydrogen-bond donors (Lipinski definition) is 3. The van der Waals surface area contributed by atoms with Gasteiger partial charge in [-0.25, -0.2) is 4.79 Å². The van der Waals surface area contributed by atoms with Gasteiger partial charge in [-0.3, -0.25) is 0 Å². The largest absolute Gasteiger partial charge is 0.507 e. The number of hydrogen-bond acceptors (Lipinski definition) is 5. The highest BCUT2D eigenvalue weighted by Gasteiger charge is 2.30. The number of nitrogens with zero attached hydrogens (tertiary/aromatic N) is 2. The minimum Gasteiger partial charge on any atom is -0.507 e. The number of anilines is 1. The highest BCUT2D eigenvalue weighted by atomic mass is 16.4. The molecule has 2 aromatic rings. The average Bonchev–Trinajstić information content (AvgIpc) is 2.55. The topological polar surface area (TPSA) is 109 Å².